The maximum absolute atomic E-state index is 12.3. The quantitative estimate of drug-likeness (QED) is 0.654. The minimum atomic E-state index is -0.188. The van der Waals surface area contributed by atoms with Gasteiger partial charge in [0.1, 0.15) is 0 Å². The Bertz CT molecular complexity index is 121. The number of rotatable bonds is 5. The highest BCUT2D eigenvalue weighted by Crippen LogP contribution is 2.39. The van der Waals surface area contributed by atoms with Crippen LogP contribution in [0.5, 0.6) is 0 Å². The molecule has 1 atom stereocenters. The highest BCUT2D eigenvalue weighted by atomic mass is 19.1. The fourth-order valence-corrected chi connectivity index (χ4v) is 1.58. The Morgan fingerprint density at radius 2 is 2.18 bits per heavy atom. The summed E-state index contributed by atoms with van der Waals surface area (Å²) in [5.74, 6) is 0.229. The van der Waals surface area contributed by atoms with Gasteiger partial charge < -0.3 is 5.73 Å². The minimum Gasteiger partial charge on any atom is -0.325 e. The Morgan fingerprint density at radius 1 is 1.55 bits per heavy atom. The van der Waals surface area contributed by atoms with Gasteiger partial charge in [0.2, 0.25) is 0 Å². The molecule has 0 aliphatic heterocycles. The van der Waals surface area contributed by atoms with Crippen LogP contribution < -0.4 is 5.73 Å². The highest BCUT2D eigenvalue weighted by molar-refractivity contribution is 4.99. The first-order valence-electron chi connectivity index (χ1n) is 4.55. The van der Waals surface area contributed by atoms with Gasteiger partial charge in [-0.05, 0) is 31.6 Å². The van der Waals surface area contributed by atoms with Crippen LogP contribution in [0.2, 0.25) is 0 Å². The second kappa shape index (κ2) is 3.53. The summed E-state index contributed by atoms with van der Waals surface area (Å²) in [7, 11) is 0. The van der Waals surface area contributed by atoms with Crippen molar-refractivity contribution in [3.05, 3.63) is 0 Å². The van der Waals surface area contributed by atoms with E-state index in [1.165, 1.54) is 0 Å². The molecule has 0 spiro atoms. The second-order valence-corrected chi connectivity index (χ2v) is 3.88. The van der Waals surface area contributed by atoms with Crippen LogP contribution in [0.15, 0.2) is 0 Å². The van der Waals surface area contributed by atoms with Crippen LogP contribution in [0.4, 0.5) is 4.39 Å². The molecule has 1 saturated carbocycles. The third-order valence-corrected chi connectivity index (χ3v) is 2.50. The van der Waals surface area contributed by atoms with Gasteiger partial charge in [0.25, 0.3) is 0 Å². The average Bonchev–Trinajstić information content (AvgIpc) is 2.68. The molecule has 0 heterocycles. The topological polar surface area (TPSA) is 26.0 Å². The van der Waals surface area contributed by atoms with Gasteiger partial charge in [0.05, 0.1) is 6.67 Å². The normalized spacial score (nSPS) is 23.2. The number of nitrogens with two attached hydrogens (primary N) is 1. The Kier molecular flexibility index (Phi) is 2.88. The van der Waals surface area contributed by atoms with Crippen molar-refractivity contribution in [3.63, 3.8) is 0 Å². The number of hydrogen-bond acceptors (Lipinski definition) is 1. The van der Waals surface area contributed by atoms with Crippen molar-refractivity contribution < 1.29 is 4.39 Å². The van der Waals surface area contributed by atoms with Crippen LogP contribution in [0.25, 0.3) is 0 Å². The number of halogens is 1. The van der Waals surface area contributed by atoms with E-state index in [0.717, 1.165) is 32.1 Å². The smallest absolute Gasteiger partial charge is 0.0923 e. The van der Waals surface area contributed by atoms with Crippen LogP contribution in [0.3, 0.4) is 0 Å². The van der Waals surface area contributed by atoms with E-state index in [1.54, 1.807) is 0 Å². The van der Waals surface area contributed by atoms with Gasteiger partial charge in [-0.1, -0.05) is 13.3 Å². The van der Waals surface area contributed by atoms with Crippen molar-refractivity contribution in [2.24, 2.45) is 11.7 Å². The summed E-state index contributed by atoms with van der Waals surface area (Å²) in [6.45, 7) is 1.91. The van der Waals surface area contributed by atoms with Crippen LogP contribution in [-0.2, 0) is 0 Å². The lowest BCUT2D eigenvalue weighted by Crippen LogP contribution is -2.26. The molecule has 1 unspecified atom stereocenters. The van der Waals surface area contributed by atoms with Gasteiger partial charge in [-0.3, -0.25) is 4.39 Å². The molecule has 0 bridgehead atoms. The third kappa shape index (κ3) is 2.78. The molecule has 1 aliphatic carbocycles. The van der Waals surface area contributed by atoms with Gasteiger partial charge in [-0.25, -0.2) is 0 Å². The van der Waals surface area contributed by atoms with Crippen molar-refractivity contribution in [2.45, 2.75) is 44.6 Å². The molecule has 0 aromatic heterocycles. The molecule has 2 heteroatoms. The van der Waals surface area contributed by atoms with E-state index in [4.69, 9.17) is 5.73 Å². The fraction of sp³-hybridized carbons (Fsp3) is 1.00. The number of alkyl halides is 1. The van der Waals surface area contributed by atoms with E-state index in [0.29, 0.717) is 0 Å². The molecular weight excluding hydrogens is 141 g/mol. The lowest BCUT2D eigenvalue weighted by atomic mass is 9.96. The number of hydrogen-bond donors (Lipinski definition) is 1. The molecule has 1 fully saturated rings. The maximum Gasteiger partial charge on any atom is 0.0923 e. The van der Waals surface area contributed by atoms with E-state index in [9.17, 15) is 4.39 Å². The predicted molar refractivity (Wildman–Crippen MR) is 45.1 cm³/mol. The zero-order valence-corrected chi connectivity index (χ0v) is 7.28. The zero-order chi connectivity index (χ0) is 8.32. The summed E-state index contributed by atoms with van der Waals surface area (Å²) >= 11 is 0. The van der Waals surface area contributed by atoms with Crippen molar-refractivity contribution in [2.75, 3.05) is 6.67 Å². The first-order valence-corrected chi connectivity index (χ1v) is 4.55. The van der Waals surface area contributed by atoms with Crippen LogP contribution >= 0.6 is 0 Å². The molecule has 0 aromatic rings. The summed E-state index contributed by atoms with van der Waals surface area (Å²) in [4.78, 5) is 0. The van der Waals surface area contributed by atoms with Crippen molar-refractivity contribution in [3.8, 4) is 0 Å². The van der Waals surface area contributed by atoms with Gasteiger partial charge in [-0.2, -0.15) is 0 Å². The van der Waals surface area contributed by atoms with Gasteiger partial charge in [-0.15, -0.1) is 0 Å². The maximum atomic E-state index is 12.3. The Balaban J connectivity index is 2.20. The average molecular weight is 159 g/mol. The molecule has 0 saturated heterocycles. The second-order valence-electron chi connectivity index (χ2n) is 3.88. The van der Waals surface area contributed by atoms with Crippen LogP contribution in [0, 0.1) is 5.92 Å². The summed E-state index contributed by atoms with van der Waals surface area (Å²) in [6, 6.07) is 0. The molecule has 66 valence electrons. The highest BCUT2D eigenvalue weighted by Gasteiger charge is 2.39. The molecule has 2 N–H and O–H groups in total. The lowest BCUT2D eigenvalue weighted by molar-refractivity contribution is 0.301. The van der Waals surface area contributed by atoms with Crippen LogP contribution in [-0.4, -0.2) is 12.2 Å². The molecule has 0 radical (unpaired) electrons. The minimum absolute atomic E-state index is 0.0337. The summed E-state index contributed by atoms with van der Waals surface area (Å²) in [6.07, 6.45) is 5.18. The van der Waals surface area contributed by atoms with E-state index in [-0.39, 0.29) is 18.1 Å². The summed E-state index contributed by atoms with van der Waals surface area (Å²) < 4.78 is 12.3. The van der Waals surface area contributed by atoms with Gasteiger partial charge >= 0.3 is 0 Å². The van der Waals surface area contributed by atoms with Crippen molar-refractivity contribution in [1.29, 1.82) is 0 Å². The van der Waals surface area contributed by atoms with E-state index in [1.807, 2.05) is 0 Å². The fourth-order valence-electron chi connectivity index (χ4n) is 1.58. The van der Waals surface area contributed by atoms with Crippen LogP contribution in [0.1, 0.15) is 39.0 Å². The monoisotopic (exact) mass is 159 g/mol. The molecule has 11 heavy (non-hydrogen) atoms. The molecule has 0 amide bonds. The van der Waals surface area contributed by atoms with Gasteiger partial charge in [0.15, 0.2) is 0 Å². The Hall–Kier alpha value is -0.110. The zero-order valence-electron chi connectivity index (χ0n) is 7.28. The molecule has 1 rings (SSSR count). The Morgan fingerprint density at radius 3 is 2.55 bits per heavy atom. The lowest BCUT2D eigenvalue weighted by Gasteiger charge is -2.16. The SMILES string of the molecule is CCCC(CF)CC1(N)CC1. The largest absolute Gasteiger partial charge is 0.325 e. The summed E-state index contributed by atoms with van der Waals surface area (Å²) in [5, 5.41) is 0. The molecule has 1 nitrogen and oxygen atoms in total. The van der Waals surface area contributed by atoms with Crippen molar-refractivity contribution in [1.82, 2.24) is 0 Å². The third-order valence-electron chi connectivity index (χ3n) is 2.50. The molecule has 0 aromatic carbocycles. The molecule has 1 aliphatic rings. The standard InChI is InChI=1S/C9H18FN/c1-2-3-8(7-10)6-9(11)4-5-9/h8H,2-7,11H2,1H3. The summed E-state index contributed by atoms with van der Waals surface area (Å²) in [5.41, 5.74) is 5.92. The van der Waals surface area contributed by atoms with E-state index in [2.05, 4.69) is 6.92 Å². The van der Waals surface area contributed by atoms with Crippen molar-refractivity contribution >= 4 is 0 Å². The molecular formula is C9H18FN. The van der Waals surface area contributed by atoms with E-state index < -0.39 is 0 Å². The predicted octanol–water partition coefficient (Wildman–Crippen LogP) is 2.25. The first kappa shape index (κ1) is 8.98. The van der Waals surface area contributed by atoms with Gasteiger partial charge in [0, 0.05) is 5.54 Å². The van der Waals surface area contributed by atoms with E-state index >= 15 is 0 Å². The Labute approximate surface area is 68.2 Å². The first-order chi connectivity index (χ1) is 5.20.